The van der Waals surface area contributed by atoms with Gasteiger partial charge in [0.25, 0.3) is 5.27 Å². The first-order chi connectivity index (χ1) is 14.2. The SMILES string of the molecule is CCCCCC1CSB(C2CCC(C(=O)OC3CCC(CCC)CC3)CC2)SC1. The molecule has 0 N–H and O–H groups in total. The molecule has 5 heteroatoms. The maximum absolute atomic E-state index is 12.7. The molecular weight excluding hydrogens is 395 g/mol. The van der Waals surface area contributed by atoms with Crippen LogP contribution >= 0.6 is 23.2 Å². The van der Waals surface area contributed by atoms with Crippen molar-refractivity contribution in [2.75, 3.05) is 11.5 Å². The smallest absolute Gasteiger partial charge is 0.309 e. The number of hydrogen-bond acceptors (Lipinski definition) is 4. The summed E-state index contributed by atoms with van der Waals surface area (Å²) >= 11 is 4.45. The summed E-state index contributed by atoms with van der Waals surface area (Å²) in [6.07, 6.45) is 17.7. The summed E-state index contributed by atoms with van der Waals surface area (Å²) < 4.78 is 5.95. The average molecular weight is 439 g/mol. The Labute approximate surface area is 188 Å². The van der Waals surface area contributed by atoms with Gasteiger partial charge in [-0.2, -0.15) is 23.2 Å². The molecule has 0 aromatic carbocycles. The molecule has 0 atom stereocenters. The average Bonchev–Trinajstić information content (AvgIpc) is 2.76. The maximum Gasteiger partial charge on any atom is 0.309 e. The normalized spacial score (nSPS) is 31.6. The lowest BCUT2D eigenvalue weighted by Gasteiger charge is -2.35. The molecular formula is C24H43BO2S2. The van der Waals surface area contributed by atoms with E-state index in [1.165, 1.54) is 75.7 Å². The highest BCUT2D eigenvalue weighted by atomic mass is 32.2. The van der Waals surface area contributed by atoms with E-state index >= 15 is 0 Å². The lowest BCUT2D eigenvalue weighted by atomic mass is 9.70. The molecule has 3 rings (SSSR count). The van der Waals surface area contributed by atoms with Crippen LogP contribution in [0.4, 0.5) is 0 Å². The molecule has 1 aliphatic heterocycles. The molecule has 0 unspecified atom stereocenters. The van der Waals surface area contributed by atoms with Crippen molar-refractivity contribution in [1.29, 1.82) is 0 Å². The molecule has 0 bridgehead atoms. The first-order valence-electron chi connectivity index (χ1n) is 12.6. The topological polar surface area (TPSA) is 26.3 Å². The lowest BCUT2D eigenvalue weighted by molar-refractivity contribution is -0.157. The van der Waals surface area contributed by atoms with Crippen LogP contribution in [-0.2, 0) is 9.53 Å². The number of carbonyl (C=O) groups is 1. The van der Waals surface area contributed by atoms with Crippen molar-refractivity contribution in [3.05, 3.63) is 0 Å². The highest BCUT2D eigenvalue weighted by Gasteiger charge is 2.37. The Morgan fingerprint density at radius 3 is 2.14 bits per heavy atom. The predicted octanol–water partition coefficient (Wildman–Crippen LogP) is 7.61. The van der Waals surface area contributed by atoms with Crippen molar-refractivity contribution in [2.45, 2.75) is 116 Å². The Morgan fingerprint density at radius 1 is 0.828 bits per heavy atom. The summed E-state index contributed by atoms with van der Waals surface area (Å²) in [7, 11) is 0. The molecule has 0 spiro atoms. The van der Waals surface area contributed by atoms with Gasteiger partial charge in [-0.15, -0.1) is 0 Å². The van der Waals surface area contributed by atoms with Crippen LogP contribution in [0.1, 0.15) is 104 Å². The summed E-state index contributed by atoms with van der Waals surface area (Å²) in [6.45, 7) is 4.57. The Hall–Kier alpha value is 0.235. The largest absolute Gasteiger partial charge is 0.462 e. The molecule has 2 aliphatic carbocycles. The molecule has 0 aromatic rings. The van der Waals surface area contributed by atoms with Gasteiger partial charge in [0.2, 0.25) is 0 Å². The van der Waals surface area contributed by atoms with E-state index in [0.717, 1.165) is 48.6 Å². The van der Waals surface area contributed by atoms with Gasteiger partial charge in [-0.3, -0.25) is 4.79 Å². The van der Waals surface area contributed by atoms with Crippen LogP contribution in [0.2, 0.25) is 5.82 Å². The minimum absolute atomic E-state index is 0.127. The van der Waals surface area contributed by atoms with Crippen LogP contribution in [0.15, 0.2) is 0 Å². The van der Waals surface area contributed by atoms with Crippen molar-refractivity contribution in [2.24, 2.45) is 17.8 Å². The summed E-state index contributed by atoms with van der Waals surface area (Å²) in [4.78, 5) is 12.7. The van der Waals surface area contributed by atoms with Crippen molar-refractivity contribution < 1.29 is 9.53 Å². The van der Waals surface area contributed by atoms with E-state index in [-0.39, 0.29) is 18.0 Å². The van der Waals surface area contributed by atoms with Gasteiger partial charge in [0.1, 0.15) is 6.10 Å². The summed E-state index contributed by atoms with van der Waals surface area (Å²) in [6, 6.07) is 0. The van der Waals surface area contributed by atoms with Crippen molar-refractivity contribution in [3.63, 3.8) is 0 Å². The molecule has 2 saturated carbocycles. The Bertz CT molecular complexity index is 466. The van der Waals surface area contributed by atoms with Gasteiger partial charge >= 0.3 is 5.97 Å². The van der Waals surface area contributed by atoms with E-state index < -0.39 is 0 Å². The van der Waals surface area contributed by atoms with Gasteiger partial charge in [-0.25, -0.2) is 0 Å². The molecule has 0 radical (unpaired) electrons. The number of hydrogen-bond donors (Lipinski definition) is 0. The molecule has 166 valence electrons. The minimum atomic E-state index is 0.127. The van der Waals surface area contributed by atoms with Crippen LogP contribution in [0.25, 0.3) is 0 Å². The maximum atomic E-state index is 12.7. The fraction of sp³-hybridized carbons (Fsp3) is 0.958. The van der Waals surface area contributed by atoms with E-state index in [9.17, 15) is 4.79 Å². The third-order valence-corrected chi connectivity index (χ3v) is 11.0. The summed E-state index contributed by atoms with van der Waals surface area (Å²) in [5.74, 6) is 5.67. The lowest BCUT2D eigenvalue weighted by Crippen LogP contribution is -2.32. The molecule has 3 aliphatic rings. The van der Waals surface area contributed by atoms with E-state index in [0.29, 0.717) is 0 Å². The molecule has 3 fully saturated rings. The molecule has 0 amide bonds. The second-order valence-electron chi connectivity index (χ2n) is 9.88. The van der Waals surface area contributed by atoms with E-state index in [1.54, 1.807) is 0 Å². The minimum Gasteiger partial charge on any atom is -0.462 e. The second kappa shape index (κ2) is 12.9. The summed E-state index contributed by atoms with van der Waals surface area (Å²) in [5, 5.41) is 0.781. The fourth-order valence-electron chi connectivity index (χ4n) is 5.51. The Balaban J connectivity index is 1.31. The van der Waals surface area contributed by atoms with Gasteiger partial charge < -0.3 is 4.74 Å². The van der Waals surface area contributed by atoms with Crippen molar-refractivity contribution >= 4 is 34.5 Å². The molecule has 1 heterocycles. The van der Waals surface area contributed by atoms with Gasteiger partial charge in [0.05, 0.1) is 5.92 Å². The number of carbonyl (C=O) groups excluding carboxylic acids is 1. The molecule has 29 heavy (non-hydrogen) atoms. The Kier molecular flexibility index (Phi) is 10.7. The van der Waals surface area contributed by atoms with Gasteiger partial charge in [-0.05, 0) is 74.1 Å². The molecule has 0 aromatic heterocycles. The first-order valence-corrected chi connectivity index (χ1v) is 14.7. The van der Waals surface area contributed by atoms with Crippen LogP contribution in [0, 0.1) is 17.8 Å². The van der Waals surface area contributed by atoms with Crippen molar-refractivity contribution in [3.8, 4) is 0 Å². The van der Waals surface area contributed by atoms with Crippen LogP contribution in [0.3, 0.4) is 0 Å². The quantitative estimate of drug-likeness (QED) is 0.210. The standard InChI is InChI=1S/C24H43BO2S2/c1-3-5-6-8-20-17-28-25(29-18-20)22-13-11-21(12-14-22)24(26)27-23-15-9-19(7-4-2)10-16-23/h19-23H,3-18H2,1-2H3. The zero-order valence-corrected chi connectivity index (χ0v) is 20.5. The third kappa shape index (κ3) is 7.70. The van der Waals surface area contributed by atoms with Crippen LogP contribution < -0.4 is 0 Å². The van der Waals surface area contributed by atoms with E-state index in [4.69, 9.17) is 4.74 Å². The molecule has 2 nitrogen and oxygen atoms in total. The zero-order chi connectivity index (χ0) is 20.5. The van der Waals surface area contributed by atoms with E-state index in [2.05, 4.69) is 37.1 Å². The monoisotopic (exact) mass is 438 g/mol. The second-order valence-corrected chi connectivity index (χ2v) is 12.5. The van der Waals surface area contributed by atoms with Crippen molar-refractivity contribution in [1.82, 2.24) is 0 Å². The van der Waals surface area contributed by atoms with Gasteiger partial charge in [0.15, 0.2) is 0 Å². The highest BCUT2D eigenvalue weighted by Crippen LogP contribution is 2.46. The number of rotatable bonds is 9. The number of esters is 1. The number of unbranched alkanes of at least 4 members (excludes halogenated alkanes) is 2. The highest BCUT2D eigenvalue weighted by molar-refractivity contribution is 8.54. The zero-order valence-electron chi connectivity index (χ0n) is 18.9. The fourth-order valence-corrected chi connectivity index (χ4v) is 9.10. The predicted molar refractivity (Wildman–Crippen MR) is 131 cm³/mol. The first kappa shape index (κ1) is 23.9. The molecule has 1 saturated heterocycles. The van der Waals surface area contributed by atoms with E-state index in [1.807, 2.05) is 0 Å². The summed E-state index contributed by atoms with van der Waals surface area (Å²) in [5.41, 5.74) is 0. The van der Waals surface area contributed by atoms with Gasteiger partial charge in [0, 0.05) is 0 Å². The van der Waals surface area contributed by atoms with Crippen LogP contribution in [-0.4, -0.2) is 28.8 Å². The number of ether oxygens (including phenoxy) is 1. The van der Waals surface area contributed by atoms with Crippen LogP contribution in [0.5, 0.6) is 0 Å². The van der Waals surface area contributed by atoms with Gasteiger partial charge in [-0.1, -0.05) is 58.8 Å². The third-order valence-electron chi connectivity index (χ3n) is 7.47. The Morgan fingerprint density at radius 2 is 1.52 bits per heavy atom.